The number of fused-ring (bicyclic) bond motifs is 1. The van der Waals surface area contributed by atoms with Crippen LogP contribution in [-0.2, 0) is 6.42 Å². The Labute approximate surface area is 149 Å². The predicted molar refractivity (Wildman–Crippen MR) is 98.9 cm³/mol. The van der Waals surface area contributed by atoms with Gasteiger partial charge in [0, 0.05) is 12.5 Å². The van der Waals surface area contributed by atoms with E-state index in [2.05, 4.69) is 43.3 Å². The van der Waals surface area contributed by atoms with Crippen molar-refractivity contribution < 1.29 is 4.74 Å². The summed E-state index contributed by atoms with van der Waals surface area (Å²) >= 11 is 6.27. The summed E-state index contributed by atoms with van der Waals surface area (Å²) < 4.78 is 6.31. The van der Waals surface area contributed by atoms with E-state index >= 15 is 0 Å². The van der Waals surface area contributed by atoms with Crippen molar-refractivity contribution in [2.45, 2.75) is 31.4 Å². The molecule has 1 aliphatic carbocycles. The molecule has 0 aliphatic heterocycles. The van der Waals surface area contributed by atoms with Crippen molar-refractivity contribution in [3.63, 3.8) is 0 Å². The Morgan fingerprint density at radius 1 is 1.04 bits per heavy atom. The maximum absolute atomic E-state index is 6.31. The summed E-state index contributed by atoms with van der Waals surface area (Å²) in [6, 6.07) is 16.8. The van der Waals surface area contributed by atoms with Gasteiger partial charge in [0.15, 0.2) is 0 Å². The maximum Gasteiger partial charge on any atom is 0.138 e. The number of hydrogen-bond donors (Lipinski definition) is 0. The van der Waals surface area contributed by atoms with E-state index in [4.69, 9.17) is 16.3 Å². The molecule has 2 atom stereocenters. The zero-order chi connectivity index (χ0) is 15.5. The molecule has 3 rings (SSSR count). The molecule has 0 saturated carbocycles. The minimum Gasteiger partial charge on any atom is -0.484 e. The van der Waals surface area contributed by atoms with Crippen molar-refractivity contribution >= 4 is 24.0 Å². The highest BCUT2D eigenvalue weighted by Crippen LogP contribution is 2.36. The summed E-state index contributed by atoms with van der Waals surface area (Å²) in [4.78, 5) is 2.30. The van der Waals surface area contributed by atoms with Crippen LogP contribution in [0.2, 0.25) is 5.02 Å². The number of rotatable bonds is 3. The topological polar surface area (TPSA) is 12.5 Å². The number of benzene rings is 2. The molecular weight excluding hydrogens is 329 g/mol. The molecular formula is C19H23Cl2NO. The second-order valence-corrected chi connectivity index (χ2v) is 6.53. The Balaban J connectivity index is 0.00000192. The van der Waals surface area contributed by atoms with E-state index in [9.17, 15) is 0 Å². The molecule has 0 heterocycles. The van der Waals surface area contributed by atoms with Crippen LogP contribution < -0.4 is 4.74 Å². The average Bonchev–Trinajstić information content (AvgIpc) is 2.70. The third kappa shape index (κ3) is 4.20. The summed E-state index contributed by atoms with van der Waals surface area (Å²) in [6.45, 7) is 0. The third-order valence-electron chi connectivity index (χ3n) is 4.47. The molecule has 23 heavy (non-hydrogen) atoms. The van der Waals surface area contributed by atoms with Gasteiger partial charge in [-0.15, -0.1) is 12.4 Å². The first-order chi connectivity index (χ1) is 10.6. The predicted octanol–water partition coefficient (Wildman–Crippen LogP) is 5.15. The monoisotopic (exact) mass is 351 g/mol. The highest BCUT2D eigenvalue weighted by atomic mass is 35.5. The average molecular weight is 352 g/mol. The molecule has 0 amide bonds. The molecule has 2 aromatic rings. The van der Waals surface area contributed by atoms with E-state index in [1.807, 2.05) is 24.3 Å². The van der Waals surface area contributed by atoms with E-state index in [0.29, 0.717) is 11.1 Å². The van der Waals surface area contributed by atoms with Gasteiger partial charge < -0.3 is 9.64 Å². The number of halogens is 2. The van der Waals surface area contributed by atoms with Crippen LogP contribution in [0.1, 0.15) is 30.1 Å². The van der Waals surface area contributed by atoms with Crippen LogP contribution >= 0.6 is 24.0 Å². The first-order valence-electron chi connectivity index (χ1n) is 7.80. The van der Waals surface area contributed by atoms with Crippen LogP contribution in [0.5, 0.6) is 5.75 Å². The van der Waals surface area contributed by atoms with Gasteiger partial charge in [-0.3, -0.25) is 0 Å². The van der Waals surface area contributed by atoms with E-state index < -0.39 is 0 Å². The molecule has 0 saturated heterocycles. The van der Waals surface area contributed by atoms with Crippen LogP contribution in [0, 0.1) is 0 Å². The Kier molecular flexibility index (Phi) is 6.34. The molecule has 0 radical (unpaired) electrons. The first-order valence-corrected chi connectivity index (χ1v) is 8.18. The second-order valence-electron chi connectivity index (χ2n) is 6.13. The van der Waals surface area contributed by atoms with Crippen LogP contribution in [0.25, 0.3) is 0 Å². The van der Waals surface area contributed by atoms with Gasteiger partial charge in [0.25, 0.3) is 0 Å². The zero-order valence-electron chi connectivity index (χ0n) is 13.5. The van der Waals surface area contributed by atoms with Crippen molar-refractivity contribution in [2.75, 3.05) is 14.1 Å². The summed E-state index contributed by atoms with van der Waals surface area (Å²) in [7, 11) is 4.29. The molecule has 124 valence electrons. The molecule has 0 aromatic heterocycles. The van der Waals surface area contributed by atoms with Crippen LogP contribution in [0.3, 0.4) is 0 Å². The van der Waals surface area contributed by atoms with Crippen LogP contribution in [0.4, 0.5) is 0 Å². The van der Waals surface area contributed by atoms with Gasteiger partial charge in [0.1, 0.15) is 11.9 Å². The molecule has 2 unspecified atom stereocenters. The Morgan fingerprint density at radius 3 is 2.48 bits per heavy atom. The molecule has 4 heteroatoms. The van der Waals surface area contributed by atoms with Crippen molar-refractivity contribution in [1.29, 1.82) is 0 Å². The molecule has 2 aromatic carbocycles. The minimum absolute atomic E-state index is 0. The smallest absolute Gasteiger partial charge is 0.138 e. The largest absolute Gasteiger partial charge is 0.484 e. The standard InChI is InChI=1S/C19H22ClNO.ClH/c1-21(2)15-12-11-14-7-3-4-8-16(14)19(13-15)22-18-10-6-5-9-17(18)20;/h3-10,15,19H,11-13H2,1-2H3;1H. The normalized spacial score (nSPS) is 20.3. The van der Waals surface area contributed by atoms with Gasteiger partial charge in [-0.05, 0) is 50.2 Å². The Hall–Kier alpha value is -1.22. The van der Waals surface area contributed by atoms with Crippen LogP contribution in [0.15, 0.2) is 48.5 Å². The lowest BCUT2D eigenvalue weighted by molar-refractivity contribution is 0.147. The van der Waals surface area contributed by atoms with Gasteiger partial charge >= 0.3 is 0 Å². The lowest BCUT2D eigenvalue weighted by atomic mass is 10.0. The van der Waals surface area contributed by atoms with Crippen LogP contribution in [-0.4, -0.2) is 25.0 Å². The van der Waals surface area contributed by atoms with Gasteiger partial charge in [0.2, 0.25) is 0 Å². The summed E-state index contributed by atoms with van der Waals surface area (Å²) in [5.74, 6) is 0.767. The van der Waals surface area contributed by atoms with Gasteiger partial charge in [-0.25, -0.2) is 0 Å². The zero-order valence-corrected chi connectivity index (χ0v) is 15.1. The molecule has 0 bridgehead atoms. The molecule has 0 fully saturated rings. The van der Waals surface area contributed by atoms with Crippen molar-refractivity contribution in [3.05, 3.63) is 64.7 Å². The third-order valence-corrected chi connectivity index (χ3v) is 4.78. The summed E-state index contributed by atoms with van der Waals surface area (Å²) in [5.41, 5.74) is 2.69. The lowest BCUT2D eigenvalue weighted by Crippen LogP contribution is -2.30. The van der Waals surface area contributed by atoms with Crippen molar-refractivity contribution in [3.8, 4) is 5.75 Å². The first kappa shape index (κ1) is 18.1. The number of para-hydroxylation sites is 1. The van der Waals surface area contributed by atoms with E-state index in [1.165, 1.54) is 11.1 Å². The number of nitrogens with zero attached hydrogens (tertiary/aromatic N) is 1. The second kappa shape index (κ2) is 8.05. The molecule has 0 N–H and O–H groups in total. The fraction of sp³-hybridized carbons (Fsp3) is 0.368. The van der Waals surface area contributed by atoms with E-state index in [-0.39, 0.29) is 18.5 Å². The number of ether oxygens (including phenoxy) is 1. The van der Waals surface area contributed by atoms with Gasteiger partial charge in [0.05, 0.1) is 5.02 Å². The van der Waals surface area contributed by atoms with E-state index in [1.54, 1.807) is 0 Å². The summed E-state index contributed by atoms with van der Waals surface area (Å²) in [6.07, 6.45) is 3.29. The molecule has 2 nitrogen and oxygen atoms in total. The highest BCUT2D eigenvalue weighted by molar-refractivity contribution is 6.32. The number of aryl methyl sites for hydroxylation is 1. The fourth-order valence-electron chi connectivity index (χ4n) is 3.16. The van der Waals surface area contributed by atoms with Crippen molar-refractivity contribution in [2.24, 2.45) is 0 Å². The fourth-order valence-corrected chi connectivity index (χ4v) is 3.34. The van der Waals surface area contributed by atoms with Crippen molar-refractivity contribution in [1.82, 2.24) is 4.90 Å². The molecule has 1 aliphatic rings. The minimum atomic E-state index is 0. The molecule has 0 spiro atoms. The summed E-state index contributed by atoms with van der Waals surface area (Å²) in [5, 5.41) is 0.672. The van der Waals surface area contributed by atoms with Gasteiger partial charge in [-0.2, -0.15) is 0 Å². The number of hydrogen-bond acceptors (Lipinski definition) is 2. The quantitative estimate of drug-likeness (QED) is 0.709. The van der Waals surface area contributed by atoms with Gasteiger partial charge in [-0.1, -0.05) is 48.0 Å². The highest BCUT2D eigenvalue weighted by Gasteiger charge is 2.27. The maximum atomic E-state index is 6.31. The SMILES string of the molecule is CN(C)C1CCc2ccccc2C(Oc2ccccc2Cl)C1.Cl. The Morgan fingerprint density at radius 2 is 1.74 bits per heavy atom. The van der Waals surface area contributed by atoms with E-state index in [0.717, 1.165) is 25.0 Å². The lowest BCUT2D eigenvalue weighted by Gasteiger charge is -2.27. The Bertz CT molecular complexity index is 645.